The smallest absolute Gasteiger partial charge is 0.347 e. The van der Waals surface area contributed by atoms with E-state index in [1.807, 2.05) is 12.2 Å². The molecule has 0 amide bonds. The zero-order valence-electron chi connectivity index (χ0n) is 9.06. The Morgan fingerprint density at radius 3 is 2.47 bits per heavy atom. The largest absolute Gasteiger partial charge is 0.389 e. The minimum absolute atomic E-state index is 0.216. The molecule has 0 aliphatic heterocycles. The summed E-state index contributed by atoms with van der Waals surface area (Å²) in [6.45, 7) is 0. The summed E-state index contributed by atoms with van der Waals surface area (Å²) in [6.07, 6.45) is 5.08. The molecule has 0 aromatic heterocycles. The number of carbonyl (C=O) groups is 2. The molecule has 1 aliphatic rings. The standard InChI is InChI=1S/C13H11ClO3/c14-11-8-4-3-7-10(11)13(16)17-12(15)9-5-1-2-6-9/h1-4,7-9H,5-6H2. The molecule has 0 spiro atoms. The van der Waals surface area contributed by atoms with Crippen molar-refractivity contribution in [1.82, 2.24) is 0 Å². The topological polar surface area (TPSA) is 43.4 Å². The Bertz CT molecular complexity index is 471. The van der Waals surface area contributed by atoms with E-state index in [9.17, 15) is 9.59 Å². The molecule has 2 rings (SSSR count). The molecule has 0 heterocycles. The molecule has 0 unspecified atom stereocenters. The molecule has 1 aromatic carbocycles. The predicted octanol–water partition coefficient (Wildman–Crippen LogP) is 2.99. The fourth-order valence-electron chi connectivity index (χ4n) is 1.67. The molecule has 0 saturated heterocycles. The molecule has 3 nitrogen and oxygen atoms in total. The second-order valence-corrected chi connectivity index (χ2v) is 4.24. The van der Waals surface area contributed by atoms with E-state index in [2.05, 4.69) is 0 Å². The van der Waals surface area contributed by atoms with E-state index in [0.717, 1.165) is 0 Å². The van der Waals surface area contributed by atoms with Crippen molar-refractivity contribution in [2.75, 3.05) is 0 Å². The van der Waals surface area contributed by atoms with Crippen LogP contribution < -0.4 is 0 Å². The van der Waals surface area contributed by atoms with Crippen molar-refractivity contribution >= 4 is 23.5 Å². The van der Waals surface area contributed by atoms with Crippen molar-refractivity contribution in [3.8, 4) is 0 Å². The first-order valence-electron chi connectivity index (χ1n) is 5.34. The van der Waals surface area contributed by atoms with E-state index in [-0.39, 0.29) is 16.5 Å². The summed E-state index contributed by atoms with van der Waals surface area (Å²) in [7, 11) is 0. The summed E-state index contributed by atoms with van der Waals surface area (Å²) < 4.78 is 4.80. The molecule has 4 heteroatoms. The van der Waals surface area contributed by atoms with Crippen LogP contribution in [0.2, 0.25) is 5.02 Å². The third-order valence-corrected chi connectivity index (χ3v) is 2.96. The highest BCUT2D eigenvalue weighted by molar-refractivity contribution is 6.33. The summed E-state index contributed by atoms with van der Waals surface area (Å²) in [5, 5.41) is 0.287. The number of hydrogen-bond donors (Lipinski definition) is 0. The molecular formula is C13H11ClO3. The maximum atomic E-state index is 11.7. The van der Waals surface area contributed by atoms with Gasteiger partial charge in [-0.15, -0.1) is 0 Å². The number of ether oxygens (including phenoxy) is 1. The second kappa shape index (κ2) is 5.15. The number of esters is 2. The van der Waals surface area contributed by atoms with Crippen molar-refractivity contribution in [1.29, 1.82) is 0 Å². The zero-order valence-corrected chi connectivity index (χ0v) is 9.81. The Morgan fingerprint density at radius 2 is 1.82 bits per heavy atom. The Balaban J connectivity index is 2.02. The van der Waals surface area contributed by atoms with Crippen LogP contribution in [0.4, 0.5) is 0 Å². The maximum absolute atomic E-state index is 11.7. The van der Waals surface area contributed by atoms with Gasteiger partial charge in [-0.3, -0.25) is 4.79 Å². The lowest BCUT2D eigenvalue weighted by atomic mass is 10.1. The number of halogens is 1. The van der Waals surface area contributed by atoms with Crippen LogP contribution in [0, 0.1) is 5.92 Å². The fourth-order valence-corrected chi connectivity index (χ4v) is 1.88. The molecule has 1 aromatic rings. The van der Waals surface area contributed by atoms with Crippen LogP contribution >= 0.6 is 11.6 Å². The fraction of sp³-hybridized carbons (Fsp3) is 0.231. The van der Waals surface area contributed by atoms with E-state index >= 15 is 0 Å². The first-order valence-corrected chi connectivity index (χ1v) is 5.72. The van der Waals surface area contributed by atoms with Gasteiger partial charge < -0.3 is 4.74 Å². The third kappa shape index (κ3) is 2.74. The highest BCUT2D eigenvalue weighted by Crippen LogP contribution is 2.21. The van der Waals surface area contributed by atoms with Crippen molar-refractivity contribution in [2.45, 2.75) is 12.8 Å². The molecular weight excluding hydrogens is 240 g/mol. The van der Waals surface area contributed by atoms with Gasteiger partial charge in [-0.1, -0.05) is 35.9 Å². The normalized spacial score (nSPS) is 14.9. The molecule has 0 radical (unpaired) electrons. The highest BCUT2D eigenvalue weighted by atomic mass is 35.5. The molecule has 1 aliphatic carbocycles. The van der Waals surface area contributed by atoms with Crippen LogP contribution in [-0.2, 0) is 9.53 Å². The first kappa shape index (κ1) is 11.9. The summed E-state index contributed by atoms with van der Waals surface area (Å²) in [5.41, 5.74) is 0.216. The van der Waals surface area contributed by atoms with Crippen molar-refractivity contribution in [3.63, 3.8) is 0 Å². The molecule has 17 heavy (non-hydrogen) atoms. The van der Waals surface area contributed by atoms with Gasteiger partial charge in [-0.2, -0.15) is 0 Å². The van der Waals surface area contributed by atoms with E-state index in [0.29, 0.717) is 12.8 Å². The summed E-state index contributed by atoms with van der Waals surface area (Å²) >= 11 is 5.84. The van der Waals surface area contributed by atoms with Gasteiger partial charge in [0.25, 0.3) is 0 Å². The Hall–Kier alpha value is -1.61. The Kier molecular flexibility index (Phi) is 3.59. The van der Waals surface area contributed by atoms with Gasteiger partial charge in [-0.05, 0) is 25.0 Å². The Labute approximate surface area is 104 Å². The second-order valence-electron chi connectivity index (χ2n) is 3.83. The lowest BCUT2D eigenvalue weighted by molar-refractivity contribution is -0.142. The van der Waals surface area contributed by atoms with Crippen LogP contribution in [0.25, 0.3) is 0 Å². The van der Waals surface area contributed by atoms with Gasteiger partial charge in [0.05, 0.1) is 16.5 Å². The average Bonchev–Trinajstić information content (AvgIpc) is 2.82. The van der Waals surface area contributed by atoms with Gasteiger partial charge in [0.2, 0.25) is 0 Å². The summed E-state index contributed by atoms with van der Waals surface area (Å²) in [5.74, 6) is -1.41. The van der Waals surface area contributed by atoms with Crippen LogP contribution in [0.1, 0.15) is 23.2 Å². The van der Waals surface area contributed by atoms with Crippen LogP contribution in [0.15, 0.2) is 36.4 Å². The van der Waals surface area contributed by atoms with Gasteiger partial charge in [0.15, 0.2) is 0 Å². The number of allylic oxidation sites excluding steroid dienone is 2. The van der Waals surface area contributed by atoms with Crippen molar-refractivity contribution in [3.05, 3.63) is 47.0 Å². The van der Waals surface area contributed by atoms with Gasteiger partial charge in [0, 0.05) is 0 Å². The zero-order chi connectivity index (χ0) is 12.3. The van der Waals surface area contributed by atoms with Gasteiger partial charge >= 0.3 is 11.9 Å². The van der Waals surface area contributed by atoms with Crippen LogP contribution in [0.5, 0.6) is 0 Å². The van der Waals surface area contributed by atoms with Crippen molar-refractivity contribution < 1.29 is 14.3 Å². The van der Waals surface area contributed by atoms with Crippen LogP contribution in [0.3, 0.4) is 0 Å². The van der Waals surface area contributed by atoms with Gasteiger partial charge in [0.1, 0.15) is 0 Å². The first-order chi connectivity index (χ1) is 8.18. The molecule has 0 bridgehead atoms. The minimum Gasteiger partial charge on any atom is -0.389 e. The molecule has 88 valence electrons. The lowest BCUT2D eigenvalue weighted by Gasteiger charge is -2.08. The minimum atomic E-state index is -0.687. The number of hydrogen-bond acceptors (Lipinski definition) is 3. The van der Waals surface area contributed by atoms with E-state index in [1.165, 1.54) is 6.07 Å². The molecule has 0 atom stereocenters. The third-order valence-electron chi connectivity index (χ3n) is 2.63. The van der Waals surface area contributed by atoms with Crippen molar-refractivity contribution in [2.24, 2.45) is 5.92 Å². The van der Waals surface area contributed by atoms with E-state index in [1.54, 1.807) is 18.2 Å². The number of carbonyl (C=O) groups excluding carboxylic acids is 2. The predicted molar refractivity (Wildman–Crippen MR) is 63.7 cm³/mol. The monoisotopic (exact) mass is 250 g/mol. The number of rotatable bonds is 2. The quantitative estimate of drug-likeness (QED) is 0.460. The summed E-state index contributed by atoms with van der Waals surface area (Å²) in [6, 6.07) is 6.50. The average molecular weight is 251 g/mol. The number of benzene rings is 1. The summed E-state index contributed by atoms with van der Waals surface area (Å²) in [4.78, 5) is 23.3. The lowest BCUT2D eigenvalue weighted by Crippen LogP contribution is -2.19. The van der Waals surface area contributed by atoms with E-state index in [4.69, 9.17) is 16.3 Å². The SMILES string of the molecule is O=C(OC(=O)C1CC=CC1)c1ccccc1Cl. The maximum Gasteiger partial charge on any atom is 0.347 e. The molecule has 0 saturated carbocycles. The molecule has 0 N–H and O–H groups in total. The van der Waals surface area contributed by atoms with Gasteiger partial charge in [-0.25, -0.2) is 4.79 Å². The van der Waals surface area contributed by atoms with Crippen LogP contribution in [-0.4, -0.2) is 11.9 Å². The van der Waals surface area contributed by atoms with E-state index < -0.39 is 11.9 Å². The molecule has 0 fully saturated rings. The Morgan fingerprint density at radius 1 is 1.18 bits per heavy atom. The highest BCUT2D eigenvalue weighted by Gasteiger charge is 2.24.